The fraction of sp³-hybridized carbons (Fsp3) is 0.385. The number of aromatic nitrogens is 2. The summed E-state index contributed by atoms with van der Waals surface area (Å²) in [6, 6.07) is 8.42. The van der Waals surface area contributed by atoms with Crippen LogP contribution in [-0.2, 0) is 0 Å². The maximum absolute atomic E-state index is 5.63. The summed E-state index contributed by atoms with van der Waals surface area (Å²) >= 11 is 0. The van der Waals surface area contributed by atoms with E-state index in [1.165, 1.54) is 0 Å². The van der Waals surface area contributed by atoms with E-state index in [2.05, 4.69) is 29.4 Å². The van der Waals surface area contributed by atoms with Crippen LogP contribution in [0.1, 0.15) is 13.8 Å². The van der Waals surface area contributed by atoms with Crippen molar-refractivity contribution in [2.75, 3.05) is 13.2 Å². The Balaban J connectivity index is 2.03. The van der Waals surface area contributed by atoms with Gasteiger partial charge in [-0.3, -0.25) is 0 Å². The molecule has 1 aromatic carbocycles. The van der Waals surface area contributed by atoms with E-state index in [-0.39, 0.29) is 0 Å². The average molecular weight is 231 g/mol. The van der Waals surface area contributed by atoms with Gasteiger partial charge in [0.1, 0.15) is 6.61 Å². The monoisotopic (exact) mass is 231 g/mol. The molecule has 0 aliphatic rings. The fourth-order valence-electron chi connectivity index (χ4n) is 1.60. The van der Waals surface area contributed by atoms with E-state index in [1.54, 1.807) is 6.20 Å². The smallest absolute Gasteiger partial charge is 0.241 e. The first-order valence-corrected chi connectivity index (χ1v) is 5.84. The van der Waals surface area contributed by atoms with Gasteiger partial charge < -0.3 is 10.1 Å². The molecule has 0 radical (unpaired) electrons. The molecule has 4 heteroatoms. The van der Waals surface area contributed by atoms with E-state index in [9.17, 15) is 0 Å². The van der Waals surface area contributed by atoms with Crippen molar-refractivity contribution in [3.05, 3.63) is 30.5 Å². The second-order valence-electron chi connectivity index (χ2n) is 4.19. The Morgan fingerprint density at radius 1 is 1.29 bits per heavy atom. The fourth-order valence-corrected chi connectivity index (χ4v) is 1.60. The quantitative estimate of drug-likeness (QED) is 0.800. The van der Waals surface area contributed by atoms with E-state index >= 15 is 0 Å². The van der Waals surface area contributed by atoms with E-state index < -0.39 is 0 Å². The molecular weight excluding hydrogens is 214 g/mol. The number of hydrogen-bond acceptors (Lipinski definition) is 4. The lowest BCUT2D eigenvalue weighted by Crippen LogP contribution is -2.27. The molecule has 1 N–H and O–H groups in total. The van der Waals surface area contributed by atoms with Gasteiger partial charge in [-0.25, -0.2) is 0 Å². The van der Waals surface area contributed by atoms with E-state index in [0.29, 0.717) is 18.5 Å². The average Bonchev–Trinajstić information content (AvgIpc) is 2.34. The van der Waals surface area contributed by atoms with Gasteiger partial charge in [0.05, 0.1) is 6.20 Å². The van der Waals surface area contributed by atoms with Crippen molar-refractivity contribution < 1.29 is 4.74 Å². The van der Waals surface area contributed by atoms with Crippen molar-refractivity contribution in [3.8, 4) is 5.88 Å². The van der Waals surface area contributed by atoms with Crippen LogP contribution in [-0.4, -0.2) is 29.4 Å². The van der Waals surface area contributed by atoms with Gasteiger partial charge >= 0.3 is 0 Å². The lowest BCUT2D eigenvalue weighted by Gasteiger charge is -2.09. The lowest BCUT2D eigenvalue weighted by atomic mass is 10.2. The van der Waals surface area contributed by atoms with E-state index in [1.807, 2.05) is 24.3 Å². The molecule has 1 aromatic heterocycles. The number of hydrogen-bond donors (Lipinski definition) is 1. The molecule has 1 heterocycles. The highest BCUT2D eigenvalue weighted by molar-refractivity contribution is 5.85. The van der Waals surface area contributed by atoms with Gasteiger partial charge in [-0.15, -0.1) is 5.10 Å². The van der Waals surface area contributed by atoms with E-state index in [0.717, 1.165) is 17.3 Å². The first-order valence-electron chi connectivity index (χ1n) is 5.84. The summed E-state index contributed by atoms with van der Waals surface area (Å²) in [6.45, 7) is 5.62. The molecule has 0 aliphatic heterocycles. The summed E-state index contributed by atoms with van der Waals surface area (Å²) in [5.41, 5.74) is 0. The predicted molar refractivity (Wildman–Crippen MR) is 68.2 cm³/mol. The van der Waals surface area contributed by atoms with Crippen molar-refractivity contribution >= 4 is 10.8 Å². The van der Waals surface area contributed by atoms with Gasteiger partial charge in [-0.2, -0.15) is 5.10 Å². The molecule has 0 saturated heterocycles. The Kier molecular flexibility index (Phi) is 3.88. The van der Waals surface area contributed by atoms with Crippen molar-refractivity contribution in [1.29, 1.82) is 0 Å². The molecule has 0 atom stereocenters. The van der Waals surface area contributed by atoms with Gasteiger partial charge in [-0.1, -0.05) is 32.0 Å². The molecule has 0 amide bonds. The number of nitrogens with one attached hydrogen (secondary N) is 1. The van der Waals surface area contributed by atoms with Gasteiger partial charge in [-0.05, 0) is 6.07 Å². The second-order valence-corrected chi connectivity index (χ2v) is 4.19. The number of ether oxygens (including phenoxy) is 1. The number of benzene rings is 1. The molecule has 0 unspecified atom stereocenters. The first kappa shape index (κ1) is 11.8. The SMILES string of the molecule is CC(C)NCCOc1nncc2ccccc12. The van der Waals surface area contributed by atoms with Gasteiger partial charge in [0, 0.05) is 23.4 Å². The topological polar surface area (TPSA) is 47.0 Å². The third kappa shape index (κ3) is 3.14. The maximum Gasteiger partial charge on any atom is 0.241 e. The van der Waals surface area contributed by atoms with Gasteiger partial charge in [0.15, 0.2) is 0 Å². The van der Waals surface area contributed by atoms with Gasteiger partial charge in [0.2, 0.25) is 5.88 Å². The van der Waals surface area contributed by atoms with Crippen LogP contribution < -0.4 is 10.1 Å². The summed E-state index contributed by atoms with van der Waals surface area (Å²) in [6.07, 6.45) is 1.74. The minimum absolute atomic E-state index is 0.470. The molecule has 2 rings (SSSR count). The van der Waals surface area contributed by atoms with Crippen LogP contribution in [0.15, 0.2) is 30.5 Å². The summed E-state index contributed by atoms with van der Waals surface area (Å²) in [5, 5.41) is 13.3. The predicted octanol–water partition coefficient (Wildman–Crippen LogP) is 2.01. The van der Waals surface area contributed by atoms with Crippen LogP contribution in [0.4, 0.5) is 0 Å². The summed E-state index contributed by atoms with van der Waals surface area (Å²) in [7, 11) is 0. The van der Waals surface area contributed by atoms with Crippen LogP contribution in [0, 0.1) is 0 Å². The number of nitrogens with zero attached hydrogens (tertiary/aromatic N) is 2. The van der Waals surface area contributed by atoms with Gasteiger partial charge in [0.25, 0.3) is 0 Å². The summed E-state index contributed by atoms with van der Waals surface area (Å²) in [4.78, 5) is 0. The minimum atomic E-state index is 0.470. The molecule has 0 saturated carbocycles. The van der Waals surface area contributed by atoms with E-state index in [4.69, 9.17) is 4.74 Å². The van der Waals surface area contributed by atoms with Crippen molar-refractivity contribution in [2.45, 2.75) is 19.9 Å². The maximum atomic E-state index is 5.63. The third-order valence-corrected chi connectivity index (χ3v) is 2.43. The molecule has 0 bridgehead atoms. The molecule has 17 heavy (non-hydrogen) atoms. The Morgan fingerprint density at radius 3 is 2.94 bits per heavy atom. The van der Waals surface area contributed by atoms with Crippen LogP contribution in [0.2, 0.25) is 0 Å². The zero-order valence-electron chi connectivity index (χ0n) is 10.2. The van der Waals surface area contributed by atoms with Crippen molar-refractivity contribution in [1.82, 2.24) is 15.5 Å². The number of rotatable bonds is 5. The Labute approximate surface area is 101 Å². The Bertz CT molecular complexity index is 480. The highest BCUT2D eigenvalue weighted by Crippen LogP contribution is 2.20. The third-order valence-electron chi connectivity index (χ3n) is 2.43. The molecule has 0 spiro atoms. The normalized spacial score (nSPS) is 11.0. The number of fused-ring (bicyclic) bond motifs is 1. The molecule has 0 aliphatic carbocycles. The van der Waals surface area contributed by atoms with Crippen LogP contribution >= 0.6 is 0 Å². The molecule has 0 fully saturated rings. The minimum Gasteiger partial charge on any atom is -0.475 e. The molecule has 90 valence electrons. The zero-order chi connectivity index (χ0) is 12.1. The molecular formula is C13H17N3O. The zero-order valence-corrected chi connectivity index (χ0v) is 10.2. The summed E-state index contributed by atoms with van der Waals surface area (Å²) in [5.74, 6) is 0.605. The Morgan fingerprint density at radius 2 is 2.12 bits per heavy atom. The van der Waals surface area contributed by atoms with Crippen LogP contribution in [0.5, 0.6) is 5.88 Å². The highest BCUT2D eigenvalue weighted by atomic mass is 16.5. The molecule has 2 aromatic rings. The lowest BCUT2D eigenvalue weighted by molar-refractivity contribution is 0.298. The summed E-state index contributed by atoms with van der Waals surface area (Å²) < 4.78 is 5.63. The Hall–Kier alpha value is -1.68. The largest absolute Gasteiger partial charge is 0.475 e. The van der Waals surface area contributed by atoms with Crippen molar-refractivity contribution in [3.63, 3.8) is 0 Å². The van der Waals surface area contributed by atoms with Crippen molar-refractivity contribution in [2.24, 2.45) is 0 Å². The second kappa shape index (κ2) is 5.59. The first-order chi connectivity index (χ1) is 8.27. The highest BCUT2D eigenvalue weighted by Gasteiger charge is 2.03. The van der Waals surface area contributed by atoms with Crippen LogP contribution in [0.25, 0.3) is 10.8 Å². The molecule has 4 nitrogen and oxygen atoms in total. The van der Waals surface area contributed by atoms with Crippen LogP contribution in [0.3, 0.4) is 0 Å². The standard InChI is InChI=1S/C13H17N3O/c1-10(2)14-7-8-17-13-12-6-4-3-5-11(12)9-15-16-13/h3-6,9-10,14H,7-8H2,1-2H3.